The maximum atomic E-state index is 5.03. The third-order valence-corrected chi connectivity index (χ3v) is 10.4. The second-order valence-electron chi connectivity index (χ2n) is 11.9. The molecule has 10 aromatic rings. The van der Waals surface area contributed by atoms with Crippen molar-refractivity contribution in [3.05, 3.63) is 152 Å². The van der Waals surface area contributed by atoms with Crippen molar-refractivity contribution in [2.75, 3.05) is 0 Å². The van der Waals surface area contributed by atoms with E-state index in [2.05, 4.69) is 156 Å². The van der Waals surface area contributed by atoms with Gasteiger partial charge in [0, 0.05) is 47.3 Å². The number of benzene rings is 7. The maximum absolute atomic E-state index is 5.03. The van der Waals surface area contributed by atoms with E-state index in [4.69, 9.17) is 10.2 Å². The molecule has 0 unspecified atom stereocenters. The number of fused-ring (bicyclic) bond motifs is 8. The summed E-state index contributed by atoms with van der Waals surface area (Å²) in [6.07, 6.45) is 0. The highest BCUT2D eigenvalue weighted by Gasteiger charge is 2.19. The van der Waals surface area contributed by atoms with Gasteiger partial charge in [-0.2, -0.15) is 0 Å². The molecule has 0 aliphatic heterocycles. The van der Waals surface area contributed by atoms with E-state index in [1.165, 1.54) is 52.8 Å². The molecule has 4 heteroatoms. The molecule has 46 heavy (non-hydrogen) atoms. The molecular weight excluding hydrogens is 579 g/mol. The summed E-state index contributed by atoms with van der Waals surface area (Å²) in [4.78, 5) is 0. The van der Waals surface area contributed by atoms with Gasteiger partial charge in [0.25, 0.3) is 0 Å². The van der Waals surface area contributed by atoms with E-state index in [-0.39, 0.29) is 0 Å². The summed E-state index contributed by atoms with van der Waals surface area (Å²) >= 11 is 1.83. The molecule has 0 fully saturated rings. The van der Waals surface area contributed by atoms with Crippen LogP contribution in [-0.2, 0) is 0 Å². The van der Waals surface area contributed by atoms with Crippen LogP contribution in [0.5, 0.6) is 0 Å². The van der Waals surface area contributed by atoms with Crippen molar-refractivity contribution in [3.8, 4) is 28.2 Å². The number of rotatable bonds is 3. The summed E-state index contributed by atoms with van der Waals surface area (Å²) in [6, 6.07) is 54.4. The molecule has 214 valence electrons. The molecule has 0 amide bonds. The molecule has 3 aromatic heterocycles. The summed E-state index contributed by atoms with van der Waals surface area (Å²) in [7, 11) is 0. The Labute approximate surface area is 268 Å². The first kappa shape index (κ1) is 25.5. The summed E-state index contributed by atoms with van der Waals surface area (Å²) in [6.45, 7) is 0. The molecule has 0 aliphatic rings. The van der Waals surface area contributed by atoms with Crippen LogP contribution < -0.4 is 0 Å². The Morgan fingerprint density at radius 2 is 1.07 bits per heavy atom. The van der Waals surface area contributed by atoms with Crippen molar-refractivity contribution in [2.24, 2.45) is 0 Å². The van der Waals surface area contributed by atoms with Gasteiger partial charge in [0.2, 0.25) is 0 Å². The molecule has 0 bridgehead atoms. The lowest BCUT2D eigenvalue weighted by Gasteiger charge is -2.13. The van der Waals surface area contributed by atoms with Crippen LogP contribution in [0.1, 0.15) is 0 Å². The third-order valence-electron chi connectivity index (χ3n) is 9.27. The van der Waals surface area contributed by atoms with Crippen LogP contribution in [0.3, 0.4) is 0 Å². The largest absolute Gasteiger partial charge is 0.292 e. The molecule has 3 nitrogen and oxygen atoms in total. The van der Waals surface area contributed by atoms with Crippen LogP contribution >= 0.6 is 11.3 Å². The van der Waals surface area contributed by atoms with E-state index < -0.39 is 0 Å². The van der Waals surface area contributed by atoms with E-state index in [0.717, 1.165) is 38.9 Å². The summed E-state index contributed by atoms with van der Waals surface area (Å²) in [5, 5.41) is 19.6. The molecule has 0 spiro atoms. The molecule has 0 atom stereocenters. The predicted molar refractivity (Wildman–Crippen MR) is 195 cm³/mol. The van der Waals surface area contributed by atoms with Gasteiger partial charge in [-0.3, -0.25) is 4.57 Å². The standard InChI is InChI=1S/C42H25N3S/c1-2-10-26(11-3-1)29-19-21-37-35(23-29)36-22-27-12-4-5-13-28(27)24-38(36)45(37)42-34-16-7-6-15-33(34)41(43-44-42)30-18-20-32-31-14-8-9-17-39(31)46-40(32)25-30/h1-25H. The second kappa shape index (κ2) is 9.83. The third kappa shape index (κ3) is 3.77. The van der Waals surface area contributed by atoms with Gasteiger partial charge < -0.3 is 0 Å². The smallest absolute Gasteiger partial charge is 0.168 e. The van der Waals surface area contributed by atoms with Gasteiger partial charge in [0.1, 0.15) is 5.69 Å². The van der Waals surface area contributed by atoms with E-state index in [0.29, 0.717) is 0 Å². The quantitative estimate of drug-likeness (QED) is 0.201. The van der Waals surface area contributed by atoms with Gasteiger partial charge in [-0.1, -0.05) is 115 Å². The van der Waals surface area contributed by atoms with Crippen molar-refractivity contribution in [1.29, 1.82) is 0 Å². The number of aromatic nitrogens is 3. The minimum absolute atomic E-state index is 0.838. The van der Waals surface area contributed by atoms with Gasteiger partial charge in [-0.25, -0.2) is 0 Å². The maximum Gasteiger partial charge on any atom is 0.168 e. The Balaban J connectivity index is 1.24. The van der Waals surface area contributed by atoms with Crippen LogP contribution in [0.15, 0.2) is 152 Å². The van der Waals surface area contributed by atoms with Crippen molar-refractivity contribution in [1.82, 2.24) is 14.8 Å². The molecule has 10 rings (SSSR count). The van der Waals surface area contributed by atoms with Crippen LogP contribution in [0.4, 0.5) is 0 Å². The van der Waals surface area contributed by atoms with Crippen LogP contribution in [0.25, 0.3) is 91.7 Å². The molecular formula is C42H25N3S. The van der Waals surface area contributed by atoms with Gasteiger partial charge >= 0.3 is 0 Å². The lowest BCUT2D eigenvalue weighted by molar-refractivity contribution is 0.977. The number of nitrogens with zero attached hydrogens (tertiary/aromatic N) is 3. The number of hydrogen-bond acceptors (Lipinski definition) is 3. The first-order valence-electron chi connectivity index (χ1n) is 15.5. The summed E-state index contributed by atoms with van der Waals surface area (Å²) in [5.74, 6) is 0.838. The van der Waals surface area contributed by atoms with Crippen LogP contribution in [0.2, 0.25) is 0 Å². The minimum Gasteiger partial charge on any atom is -0.292 e. The summed E-state index contributed by atoms with van der Waals surface area (Å²) < 4.78 is 4.87. The van der Waals surface area contributed by atoms with Crippen molar-refractivity contribution in [3.63, 3.8) is 0 Å². The Hall–Kier alpha value is -5.84. The fraction of sp³-hybridized carbons (Fsp3) is 0. The van der Waals surface area contributed by atoms with Crippen molar-refractivity contribution >= 4 is 74.9 Å². The Bertz CT molecular complexity index is 2810. The Kier molecular flexibility index (Phi) is 5.45. The average molecular weight is 604 g/mol. The molecule has 3 heterocycles. The zero-order chi connectivity index (χ0) is 30.2. The average Bonchev–Trinajstić information content (AvgIpc) is 3.65. The van der Waals surface area contributed by atoms with Crippen LogP contribution in [0, 0.1) is 0 Å². The fourth-order valence-corrected chi connectivity index (χ4v) is 8.23. The minimum atomic E-state index is 0.838. The highest BCUT2D eigenvalue weighted by molar-refractivity contribution is 7.25. The lowest BCUT2D eigenvalue weighted by atomic mass is 10.0. The van der Waals surface area contributed by atoms with Gasteiger partial charge in [-0.15, -0.1) is 21.5 Å². The van der Waals surface area contributed by atoms with E-state index >= 15 is 0 Å². The monoisotopic (exact) mass is 603 g/mol. The second-order valence-corrected chi connectivity index (χ2v) is 13.0. The number of hydrogen-bond donors (Lipinski definition) is 0. The van der Waals surface area contributed by atoms with Gasteiger partial charge in [0.15, 0.2) is 5.82 Å². The summed E-state index contributed by atoms with van der Waals surface area (Å²) in [5.41, 5.74) is 6.62. The molecule has 0 saturated carbocycles. The van der Waals surface area contributed by atoms with E-state index in [1.54, 1.807) is 0 Å². The molecule has 7 aromatic carbocycles. The highest BCUT2D eigenvalue weighted by Crippen LogP contribution is 2.40. The van der Waals surface area contributed by atoms with E-state index in [9.17, 15) is 0 Å². The van der Waals surface area contributed by atoms with Gasteiger partial charge in [-0.05, 0) is 58.3 Å². The van der Waals surface area contributed by atoms with Gasteiger partial charge in [0.05, 0.1) is 11.0 Å². The topological polar surface area (TPSA) is 30.7 Å². The zero-order valence-electron chi connectivity index (χ0n) is 24.7. The predicted octanol–water partition coefficient (Wildman–Crippen LogP) is 11.6. The molecule has 0 radical (unpaired) electrons. The zero-order valence-corrected chi connectivity index (χ0v) is 25.5. The SMILES string of the molecule is c1ccc(-c2ccc3c(c2)c2cc4ccccc4cc2n3-c2nnc(-c3ccc4c(c3)sc3ccccc34)c3ccccc23)cc1. The molecule has 0 saturated heterocycles. The Morgan fingerprint density at radius 3 is 1.93 bits per heavy atom. The van der Waals surface area contributed by atoms with Crippen molar-refractivity contribution < 1.29 is 0 Å². The highest BCUT2D eigenvalue weighted by atomic mass is 32.1. The lowest BCUT2D eigenvalue weighted by Crippen LogP contribution is -2.02. The number of thiophene rings is 1. The normalized spacial score (nSPS) is 11.9. The molecule has 0 aliphatic carbocycles. The first-order chi connectivity index (χ1) is 22.8. The Morgan fingerprint density at radius 1 is 0.391 bits per heavy atom. The fourth-order valence-electron chi connectivity index (χ4n) is 7.09. The first-order valence-corrected chi connectivity index (χ1v) is 16.3. The van der Waals surface area contributed by atoms with Crippen LogP contribution in [-0.4, -0.2) is 14.8 Å². The van der Waals surface area contributed by atoms with Crippen molar-refractivity contribution in [2.45, 2.75) is 0 Å². The van der Waals surface area contributed by atoms with E-state index in [1.807, 2.05) is 11.3 Å². The molecule has 0 N–H and O–H groups in total.